The molecule has 3 rings (SSSR count). The Morgan fingerprint density at radius 1 is 1.23 bits per heavy atom. The third kappa shape index (κ3) is 2.57. The summed E-state index contributed by atoms with van der Waals surface area (Å²) < 4.78 is 11.7. The summed E-state index contributed by atoms with van der Waals surface area (Å²) >= 11 is 0. The van der Waals surface area contributed by atoms with Gasteiger partial charge >= 0.3 is 0 Å². The second kappa shape index (κ2) is 6.01. The number of methoxy groups -OCH3 is 1. The van der Waals surface area contributed by atoms with Crippen LogP contribution in [0.15, 0.2) is 30.3 Å². The van der Waals surface area contributed by atoms with Crippen LogP contribution in [0.4, 0.5) is 0 Å². The maximum absolute atomic E-state index is 6.21. The third-order valence-corrected chi connectivity index (χ3v) is 4.35. The Kier molecular flexibility index (Phi) is 4.08. The lowest BCUT2D eigenvalue weighted by Crippen LogP contribution is -2.17. The predicted molar refractivity (Wildman–Crippen MR) is 89.7 cm³/mol. The van der Waals surface area contributed by atoms with E-state index in [0.717, 1.165) is 29.9 Å². The van der Waals surface area contributed by atoms with Crippen LogP contribution in [0.2, 0.25) is 0 Å². The van der Waals surface area contributed by atoms with Gasteiger partial charge in [0, 0.05) is 17.5 Å². The van der Waals surface area contributed by atoms with E-state index in [-0.39, 0.29) is 6.10 Å². The van der Waals surface area contributed by atoms with E-state index in [1.54, 1.807) is 7.11 Å². The highest BCUT2D eigenvalue weighted by Gasteiger charge is 2.27. The SMILES string of the molecule is COc1cc2c(c(-c3c(C)cccc3C)c1)OC(CCN)C2. The van der Waals surface area contributed by atoms with Crippen molar-refractivity contribution in [2.45, 2.75) is 32.8 Å². The molecule has 2 N–H and O–H groups in total. The summed E-state index contributed by atoms with van der Waals surface area (Å²) in [4.78, 5) is 0. The van der Waals surface area contributed by atoms with Gasteiger partial charge in [-0.25, -0.2) is 0 Å². The first-order valence-corrected chi connectivity index (χ1v) is 7.78. The molecule has 0 spiro atoms. The van der Waals surface area contributed by atoms with E-state index < -0.39 is 0 Å². The zero-order valence-corrected chi connectivity index (χ0v) is 13.5. The molecule has 0 radical (unpaired) electrons. The molecule has 1 aliphatic rings. The standard InChI is InChI=1S/C19H23NO2/c1-12-5-4-6-13(2)18(12)17-11-16(21-3)10-14-9-15(7-8-20)22-19(14)17/h4-6,10-11,15H,7-9,20H2,1-3H3. The first-order chi connectivity index (χ1) is 10.6. The zero-order valence-electron chi connectivity index (χ0n) is 13.5. The maximum atomic E-state index is 6.21. The van der Waals surface area contributed by atoms with Crippen LogP contribution >= 0.6 is 0 Å². The largest absolute Gasteiger partial charge is 0.497 e. The Hall–Kier alpha value is -2.00. The van der Waals surface area contributed by atoms with Crippen molar-refractivity contribution >= 4 is 0 Å². The molecule has 0 aliphatic carbocycles. The molecule has 0 saturated heterocycles. The quantitative estimate of drug-likeness (QED) is 0.937. The Balaban J connectivity index is 2.15. The topological polar surface area (TPSA) is 44.5 Å². The number of hydrogen-bond acceptors (Lipinski definition) is 3. The maximum Gasteiger partial charge on any atom is 0.131 e. The smallest absolute Gasteiger partial charge is 0.131 e. The minimum atomic E-state index is 0.176. The highest BCUT2D eigenvalue weighted by Crippen LogP contribution is 2.44. The van der Waals surface area contributed by atoms with Gasteiger partial charge in [0.1, 0.15) is 17.6 Å². The minimum absolute atomic E-state index is 0.176. The summed E-state index contributed by atoms with van der Waals surface area (Å²) in [7, 11) is 1.71. The fourth-order valence-electron chi connectivity index (χ4n) is 3.29. The number of aryl methyl sites for hydroxylation is 2. The van der Waals surface area contributed by atoms with Crippen molar-refractivity contribution < 1.29 is 9.47 Å². The molecular weight excluding hydrogens is 274 g/mol. The Labute approximate surface area is 132 Å². The lowest BCUT2D eigenvalue weighted by molar-refractivity contribution is 0.225. The van der Waals surface area contributed by atoms with E-state index in [0.29, 0.717) is 6.54 Å². The van der Waals surface area contributed by atoms with Crippen LogP contribution in [0.25, 0.3) is 11.1 Å². The summed E-state index contributed by atoms with van der Waals surface area (Å²) in [6.45, 7) is 4.93. The van der Waals surface area contributed by atoms with Gasteiger partial charge in [0.2, 0.25) is 0 Å². The molecule has 22 heavy (non-hydrogen) atoms. The van der Waals surface area contributed by atoms with E-state index in [4.69, 9.17) is 15.2 Å². The Bertz CT molecular complexity index is 674. The van der Waals surface area contributed by atoms with Crippen molar-refractivity contribution in [1.29, 1.82) is 0 Å². The number of hydrogen-bond donors (Lipinski definition) is 1. The first-order valence-electron chi connectivity index (χ1n) is 7.78. The van der Waals surface area contributed by atoms with E-state index >= 15 is 0 Å². The van der Waals surface area contributed by atoms with Gasteiger partial charge in [-0.15, -0.1) is 0 Å². The zero-order chi connectivity index (χ0) is 15.7. The normalized spacial score (nSPS) is 16.3. The van der Waals surface area contributed by atoms with Crippen molar-refractivity contribution in [3.63, 3.8) is 0 Å². The minimum Gasteiger partial charge on any atom is -0.497 e. The van der Waals surface area contributed by atoms with Crippen molar-refractivity contribution in [2.75, 3.05) is 13.7 Å². The summed E-state index contributed by atoms with van der Waals surface area (Å²) in [5.41, 5.74) is 11.8. The molecule has 116 valence electrons. The van der Waals surface area contributed by atoms with Crippen LogP contribution in [0.1, 0.15) is 23.1 Å². The predicted octanol–water partition coefficient (Wildman–Crippen LogP) is 3.63. The van der Waals surface area contributed by atoms with Gasteiger partial charge in [0.15, 0.2) is 0 Å². The van der Waals surface area contributed by atoms with Crippen molar-refractivity contribution in [3.05, 3.63) is 47.0 Å². The molecule has 0 amide bonds. The van der Waals surface area contributed by atoms with E-state index in [9.17, 15) is 0 Å². The molecule has 2 aromatic carbocycles. The van der Waals surface area contributed by atoms with Crippen LogP contribution in [0.5, 0.6) is 11.5 Å². The monoisotopic (exact) mass is 297 g/mol. The first kappa shape index (κ1) is 14.9. The van der Waals surface area contributed by atoms with Crippen LogP contribution in [-0.2, 0) is 6.42 Å². The number of benzene rings is 2. The number of ether oxygens (including phenoxy) is 2. The van der Waals surface area contributed by atoms with Crippen LogP contribution < -0.4 is 15.2 Å². The molecule has 0 bridgehead atoms. The fraction of sp³-hybridized carbons (Fsp3) is 0.368. The third-order valence-electron chi connectivity index (χ3n) is 4.35. The number of nitrogens with two attached hydrogens (primary N) is 1. The van der Waals surface area contributed by atoms with Gasteiger partial charge in [0.25, 0.3) is 0 Å². The van der Waals surface area contributed by atoms with Crippen molar-refractivity contribution in [2.24, 2.45) is 5.73 Å². The van der Waals surface area contributed by atoms with Gasteiger partial charge in [-0.2, -0.15) is 0 Å². The molecule has 0 saturated carbocycles. The van der Waals surface area contributed by atoms with Crippen molar-refractivity contribution in [1.82, 2.24) is 0 Å². The molecule has 1 atom stereocenters. The molecule has 3 heteroatoms. The lowest BCUT2D eigenvalue weighted by Gasteiger charge is -2.16. The highest BCUT2D eigenvalue weighted by molar-refractivity contribution is 5.79. The summed E-state index contributed by atoms with van der Waals surface area (Å²) in [6, 6.07) is 10.5. The van der Waals surface area contributed by atoms with Crippen LogP contribution in [0, 0.1) is 13.8 Å². The number of rotatable bonds is 4. The highest BCUT2D eigenvalue weighted by atomic mass is 16.5. The van der Waals surface area contributed by atoms with Crippen LogP contribution in [0.3, 0.4) is 0 Å². The fourth-order valence-corrected chi connectivity index (χ4v) is 3.29. The Morgan fingerprint density at radius 3 is 2.59 bits per heavy atom. The van der Waals surface area contributed by atoms with Gasteiger partial charge in [0.05, 0.1) is 7.11 Å². The molecular formula is C19H23NO2. The molecule has 0 aromatic heterocycles. The Morgan fingerprint density at radius 2 is 1.95 bits per heavy atom. The van der Waals surface area contributed by atoms with Gasteiger partial charge < -0.3 is 15.2 Å². The molecule has 1 heterocycles. The summed E-state index contributed by atoms with van der Waals surface area (Å²) in [6.07, 6.45) is 1.96. The second-order valence-corrected chi connectivity index (χ2v) is 5.95. The average Bonchev–Trinajstić information content (AvgIpc) is 2.89. The molecule has 1 aliphatic heterocycles. The van der Waals surface area contributed by atoms with Gasteiger partial charge in [-0.3, -0.25) is 0 Å². The number of fused-ring (bicyclic) bond motifs is 1. The van der Waals surface area contributed by atoms with E-state index in [1.165, 1.54) is 22.3 Å². The lowest BCUT2D eigenvalue weighted by atomic mass is 9.93. The average molecular weight is 297 g/mol. The van der Waals surface area contributed by atoms with E-state index in [1.807, 2.05) is 0 Å². The molecule has 2 aromatic rings. The molecule has 3 nitrogen and oxygen atoms in total. The van der Waals surface area contributed by atoms with Gasteiger partial charge in [-0.05, 0) is 55.6 Å². The second-order valence-electron chi connectivity index (χ2n) is 5.95. The molecule has 1 unspecified atom stereocenters. The molecule has 0 fully saturated rings. The van der Waals surface area contributed by atoms with Crippen LogP contribution in [-0.4, -0.2) is 19.8 Å². The van der Waals surface area contributed by atoms with Gasteiger partial charge in [-0.1, -0.05) is 18.2 Å². The van der Waals surface area contributed by atoms with E-state index in [2.05, 4.69) is 44.2 Å². The van der Waals surface area contributed by atoms with Crippen molar-refractivity contribution in [3.8, 4) is 22.6 Å². The summed E-state index contributed by atoms with van der Waals surface area (Å²) in [5, 5.41) is 0. The summed E-state index contributed by atoms with van der Waals surface area (Å²) in [5.74, 6) is 1.88.